The summed E-state index contributed by atoms with van der Waals surface area (Å²) < 4.78 is 2.16. The SMILES string of the molecule is Cc1ncc2n1CC(C(=O)NCc1nnc(C3CC3)s1)CC2. The minimum atomic E-state index is 0.0243. The number of amides is 1. The van der Waals surface area contributed by atoms with Crippen molar-refractivity contribution in [2.24, 2.45) is 5.92 Å². The molecule has 1 fully saturated rings. The monoisotopic (exact) mass is 317 g/mol. The fourth-order valence-corrected chi connectivity index (χ4v) is 3.90. The van der Waals surface area contributed by atoms with Crippen molar-refractivity contribution in [3.63, 3.8) is 0 Å². The number of aromatic nitrogens is 4. The minimum absolute atomic E-state index is 0.0243. The molecule has 0 saturated heterocycles. The standard InChI is InChI=1S/C15H19N5OS/c1-9-16-6-12-5-4-11(8-20(9)12)14(21)17-7-13-18-19-15(22-13)10-2-3-10/h6,10-11H,2-5,7-8H2,1H3,(H,17,21). The molecule has 7 heteroatoms. The Morgan fingerprint density at radius 3 is 3.09 bits per heavy atom. The van der Waals surface area contributed by atoms with Crippen LogP contribution >= 0.6 is 11.3 Å². The van der Waals surface area contributed by atoms with Crippen molar-refractivity contribution in [2.75, 3.05) is 0 Å². The highest BCUT2D eigenvalue weighted by molar-refractivity contribution is 7.11. The van der Waals surface area contributed by atoms with Crippen molar-refractivity contribution in [1.29, 1.82) is 0 Å². The molecule has 1 aliphatic carbocycles. The first-order valence-corrected chi connectivity index (χ1v) is 8.63. The summed E-state index contributed by atoms with van der Waals surface area (Å²) in [4.78, 5) is 16.7. The molecule has 2 aromatic rings. The van der Waals surface area contributed by atoms with Crippen LogP contribution in [0.25, 0.3) is 0 Å². The number of nitrogens with one attached hydrogen (secondary N) is 1. The number of nitrogens with zero attached hydrogens (tertiary/aromatic N) is 4. The molecule has 1 N–H and O–H groups in total. The molecule has 2 aliphatic rings. The van der Waals surface area contributed by atoms with Gasteiger partial charge in [0.2, 0.25) is 5.91 Å². The fraction of sp³-hybridized carbons (Fsp3) is 0.600. The van der Waals surface area contributed by atoms with Crippen molar-refractivity contribution in [1.82, 2.24) is 25.1 Å². The van der Waals surface area contributed by atoms with Crippen LogP contribution in [0.5, 0.6) is 0 Å². The zero-order valence-electron chi connectivity index (χ0n) is 12.6. The van der Waals surface area contributed by atoms with E-state index in [1.165, 1.54) is 18.5 Å². The first-order chi connectivity index (χ1) is 10.7. The van der Waals surface area contributed by atoms with E-state index in [2.05, 4.69) is 25.1 Å². The Hall–Kier alpha value is -1.76. The van der Waals surface area contributed by atoms with Gasteiger partial charge in [0.25, 0.3) is 0 Å². The van der Waals surface area contributed by atoms with Gasteiger partial charge in [-0.05, 0) is 32.6 Å². The maximum atomic E-state index is 12.4. The Morgan fingerprint density at radius 1 is 1.41 bits per heavy atom. The number of carbonyl (C=O) groups excluding carboxylic acids is 1. The van der Waals surface area contributed by atoms with E-state index in [0.29, 0.717) is 12.5 Å². The molecule has 116 valence electrons. The van der Waals surface area contributed by atoms with Crippen molar-refractivity contribution >= 4 is 17.2 Å². The Balaban J connectivity index is 1.35. The predicted octanol–water partition coefficient (Wildman–Crippen LogP) is 1.80. The van der Waals surface area contributed by atoms with Gasteiger partial charge in [0, 0.05) is 24.4 Å². The number of hydrogen-bond acceptors (Lipinski definition) is 5. The van der Waals surface area contributed by atoms with Gasteiger partial charge in [0.05, 0.1) is 12.5 Å². The van der Waals surface area contributed by atoms with Gasteiger partial charge in [-0.15, -0.1) is 10.2 Å². The van der Waals surface area contributed by atoms with Crippen LogP contribution in [0.15, 0.2) is 6.20 Å². The van der Waals surface area contributed by atoms with E-state index in [0.717, 1.165) is 35.2 Å². The van der Waals surface area contributed by atoms with Crippen LogP contribution in [-0.2, 0) is 24.3 Å². The predicted molar refractivity (Wildman–Crippen MR) is 82.5 cm³/mol. The molecular weight excluding hydrogens is 298 g/mol. The highest BCUT2D eigenvalue weighted by atomic mass is 32.1. The fourth-order valence-electron chi connectivity index (χ4n) is 2.95. The summed E-state index contributed by atoms with van der Waals surface area (Å²) in [6.45, 7) is 3.22. The van der Waals surface area contributed by atoms with Gasteiger partial charge in [-0.25, -0.2) is 4.98 Å². The summed E-state index contributed by atoms with van der Waals surface area (Å²) in [5.74, 6) is 1.76. The Bertz CT molecular complexity index is 703. The molecule has 22 heavy (non-hydrogen) atoms. The summed E-state index contributed by atoms with van der Waals surface area (Å²) in [5, 5.41) is 13.4. The molecule has 4 rings (SSSR count). The third kappa shape index (κ3) is 2.65. The Morgan fingerprint density at radius 2 is 2.27 bits per heavy atom. The van der Waals surface area contributed by atoms with Gasteiger partial charge in [-0.2, -0.15) is 0 Å². The first kappa shape index (κ1) is 13.9. The van der Waals surface area contributed by atoms with E-state index in [1.54, 1.807) is 11.3 Å². The number of rotatable bonds is 4. The van der Waals surface area contributed by atoms with E-state index < -0.39 is 0 Å². The first-order valence-electron chi connectivity index (χ1n) is 7.81. The molecule has 1 unspecified atom stereocenters. The lowest BCUT2D eigenvalue weighted by Gasteiger charge is -2.24. The molecule has 0 radical (unpaired) electrons. The van der Waals surface area contributed by atoms with Crippen molar-refractivity contribution in [2.45, 2.75) is 51.6 Å². The van der Waals surface area contributed by atoms with Gasteiger partial charge in [0.1, 0.15) is 15.8 Å². The van der Waals surface area contributed by atoms with Crippen LogP contribution < -0.4 is 5.32 Å². The highest BCUT2D eigenvalue weighted by Crippen LogP contribution is 2.41. The molecule has 1 saturated carbocycles. The normalized spacial score (nSPS) is 20.7. The average Bonchev–Trinajstić information content (AvgIpc) is 3.17. The maximum Gasteiger partial charge on any atom is 0.225 e. The van der Waals surface area contributed by atoms with Gasteiger partial charge < -0.3 is 9.88 Å². The number of hydrogen-bond donors (Lipinski definition) is 1. The van der Waals surface area contributed by atoms with Gasteiger partial charge in [-0.3, -0.25) is 4.79 Å². The zero-order valence-corrected chi connectivity index (χ0v) is 13.4. The maximum absolute atomic E-state index is 12.4. The zero-order chi connectivity index (χ0) is 15.1. The lowest BCUT2D eigenvalue weighted by atomic mass is 9.97. The average molecular weight is 317 g/mol. The second kappa shape index (κ2) is 5.46. The van der Waals surface area contributed by atoms with Crippen LogP contribution in [0, 0.1) is 12.8 Å². The molecular formula is C15H19N5OS. The lowest BCUT2D eigenvalue weighted by molar-refractivity contribution is -0.126. The van der Waals surface area contributed by atoms with Crippen LogP contribution in [0.4, 0.5) is 0 Å². The van der Waals surface area contributed by atoms with Gasteiger partial charge in [-0.1, -0.05) is 11.3 Å². The van der Waals surface area contributed by atoms with E-state index >= 15 is 0 Å². The topological polar surface area (TPSA) is 72.7 Å². The molecule has 1 amide bonds. The van der Waals surface area contributed by atoms with Crippen molar-refractivity contribution in [3.8, 4) is 0 Å². The molecule has 6 nitrogen and oxygen atoms in total. The van der Waals surface area contributed by atoms with Gasteiger partial charge in [0.15, 0.2) is 0 Å². The number of aryl methyl sites for hydroxylation is 2. The highest BCUT2D eigenvalue weighted by Gasteiger charge is 2.28. The summed E-state index contributed by atoms with van der Waals surface area (Å²) >= 11 is 1.63. The summed E-state index contributed by atoms with van der Waals surface area (Å²) in [5.41, 5.74) is 1.24. The molecule has 3 heterocycles. The van der Waals surface area contributed by atoms with Crippen molar-refractivity contribution in [3.05, 3.63) is 27.7 Å². The number of imidazole rings is 1. The van der Waals surface area contributed by atoms with Crippen LogP contribution in [0.1, 0.15) is 46.7 Å². The smallest absolute Gasteiger partial charge is 0.225 e. The Kier molecular flexibility index (Phi) is 3.44. The summed E-state index contributed by atoms with van der Waals surface area (Å²) in [6.07, 6.45) is 6.19. The van der Waals surface area contributed by atoms with Crippen LogP contribution in [0.2, 0.25) is 0 Å². The molecule has 0 bridgehead atoms. The second-order valence-corrected chi connectivity index (χ2v) is 7.26. The molecule has 1 aliphatic heterocycles. The van der Waals surface area contributed by atoms with E-state index in [-0.39, 0.29) is 11.8 Å². The lowest BCUT2D eigenvalue weighted by Crippen LogP contribution is -2.35. The van der Waals surface area contributed by atoms with Crippen LogP contribution in [-0.4, -0.2) is 25.7 Å². The van der Waals surface area contributed by atoms with E-state index in [1.807, 2.05) is 13.1 Å². The molecule has 2 aromatic heterocycles. The van der Waals surface area contributed by atoms with E-state index in [4.69, 9.17) is 0 Å². The largest absolute Gasteiger partial charge is 0.349 e. The van der Waals surface area contributed by atoms with Crippen LogP contribution in [0.3, 0.4) is 0 Å². The van der Waals surface area contributed by atoms with E-state index in [9.17, 15) is 4.79 Å². The third-order valence-electron chi connectivity index (χ3n) is 4.48. The summed E-state index contributed by atoms with van der Waals surface area (Å²) in [7, 11) is 0. The molecule has 0 aromatic carbocycles. The third-order valence-corrected chi connectivity index (χ3v) is 5.57. The van der Waals surface area contributed by atoms with Crippen molar-refractivity contribution < 1.29 is 4.79 Å². The molecule has 1 atom stereocenters. The number of fused-ring (bicyclic) bond motifs is 1. The Labute approximate surface area is 133 Å². The second-order valence-electron chi connectivity index (χ2n) is 6.17. The minimum Gasteiger partial charge on any atom is -0.349 e. The quantitative estimate of drug-likeness (QED) is 0.933. The molecule has 0 spiro atoms. The van der Waals surface area contributed by atoms with Gasteiger partial charge >= 0.3 is 0 Å². The number of carbonyl (C=O) groups is 1. The summed E-state index contributed by atoms with van der Waals surface area (Å²) in [6, 6.07) is 0.